The van der Waals surface area contributed by atoms with Gasteiger partial charge in [0.15, 0.2) is 6.61 Å². The number of benzene rings is 3. The summed E-state index contributed by atoms with van der Waals surface area (Å²) in [5.74, 6) is 0.0302. The average molecular weight is 558 g/mol. The van der Waals surface area contributed by atoms with Crippen molar-refractivity contribution in [3.63, 3.8) is 0 Å². The fourth-order valence-corrected chi connectivity index (χ4v) is 4.01. The van der Waals surface area contributed by atoms with Gasteiger partial charge in [0.05, 0.1) is 0 Å². The molecule has 0 bridgehead atoms. The predicted octanol–water partition coefficient (Wildman–Crippen LogP) is 6.04. The van der Waals surface area contributed by atoms with Gasteiger partial charge in [-0.2, -0.15) is 0 Å². The molecule has 3 aromatic rings. The predicted molar refractivity (Wildman–Crippen MR) is 143 cm³/mol. The van der Waals surface area contributed by atoms with E-state index >= 15 is 0 Å². The first-order chi connectivity index (χ1) is 16.9. The Hall–Kier alpha value is -2.83. The van der Waals surface area contributed by atoms with Crippen LogP contribution in [0.2, 0.25) is 5.02 Å². The summed E-state index contributed by atoms with van der Waals surface area (Å²) >= 11 is 9.51. The highest BCUT2D eigenvalue weighted by molar-refractivity contribution is 9.10. The number of amides is 2. The van der Waals surface area contributed by atoms with Crippen LogP contribution in [0.3, 0.4) is 0 Å². The molecule has 0 saturated carbocycles. The standard InChI is InChI=1S/C28H30BrClN2O3/c1-3-20(2)31-28(34)26(16-21-8-5-4-6-9-21)32(18-22-12-14-23(29)15-13-22)27(33)19-35-25-11-7-10-24(30)17-25/h4-15,17,20,26H,3,16,18-19H2,1-2H3,(H,31,34). The number of ether oxygens (including phenoxy) is 1. The lowest BCUT2D eigenvalue weighted by molar-refractivity contribution is -0.143. The van der Waals surface area contributed by atoms with Crippen molar-refractivity contribution in [2.24, 2.45) is 0 Å². The molecule has 2 atom stereocenters. The topological polar surface area (TPSA) is 58.6 Å². The third-order valence-electron chi connectivity index (χ3n) is 5.70. The summed E-state index contributed by atoms with van der Waals surface area (Å²) in [6, 6.07) is 23.7. The van der Waals surface area contributed by atoms with E-state index in [0.29, 0.717) is 17.2 Å². The van der Waals surface area contributed by atoms with E-state index in [9.17, 15) is 9.59 Å². The van der Waals surface area contributed by atoms with Gasteiger partial charge in [-0.25, -0.2) is 0 Å². The Morgan fingerprint density at radius 3 is 2.37 bits per heavy atom. The summed E-state index contributed by atoms with van der Waals surface area (Å²) in [5.41, 5.74) is 1.89. The first-order valence-electron chi connectivity index (χ1n) is 11.6. The zero-order valence-corrected chi connectivity index (χ0v) is 22.3. The maximum atomic E-state index is 13.5. The van der Waals surface area contributed by atoms with Crippen LogP contribution in [0.1, 0.15) is 31.4 Å². The molecule has 0 saturated heterocycles. The number of nitrogens with one attached hydrogen (secondary N) is 1. The molecular weight excluding hydrogens is 528 g/mol. The summed E-state index contributed by atoms with van der Waals surface area (Å²) in [4.78, 5) is 28.6. The van der Waals surface area contributed by atoms with E-state index in [4.69, 9.17) is 16.3 Å². The molecule has 0 spiro atoms. The molecule has 5 nitrogen and oxygen atoms in total. The summed E-state index contributed by atoms with van der Waals surface area (Å²) in [6.45, 7) is 4.04. The molecule has 0 radical (unpaired) electrons. The molecule has 35 heavy (non-hydrogen) atoms. The van der Waals surface area contributed by atoms with Crippen LogP contribution in [0.15, 0.2) is 83.3 Å². The van der Waals surface area contributed by atoms with E-state index in [2.05, 4.69) is 21.2 Å². The molecule has 3 aromatic carbocycles. The van der Waals surface area contributed by atoms with Crippen molar-refractivity contribution >= 4 is 39.3 Å². The molecule has 0 heterocycles. The second-order valence-corrected chi connectivity index (χ2v) is 9.77. The smallest absolute Gasteiger partial charge is 0.261 e. The Morgan fingerprint density at radius 1 is 1.00 bits per heavy atom. The number of carbonyl (C=O) groups excluding carboxylic acids is 2. The summed E-state index contributed by atoms with van der Waals surface area (Å²) in [7, 11) is 0. The first-order valence-corrected chi connectivity index (χ1v) is 12.8. The van der Waals surface area contributed by atoms with Gasteiger partial charge in [0.2, 0.25) is 5.91 Å². The average Bonchev–Trinajstić information content (AvgIpc) is 2.86. The van der Waals surface area contributed by atoms with E-state index in [-0.39, 0.29) is 31.0 Å². The largest absolute Gasteiger partial charge is 0.484 e. The maximum absolute atomic E-state index is 13.5. The third-order valence-corrected chi connectivity index (χ3v) is 6.46. The number of halogens is 2. The summed E-state index contributed by atoms with van der Waals surface area (Å²) < 4.78 is 6.70. The lowest BCUT2D eigenvalue weighted by Gasteiger charge is -2.32. The lowest BCUT2D eigenvalue weighted by Crippen LogP contribution is -2.53. The van der Waals surface area contributed by atoms with Gasteiger partial charge < -0.3 is 15.0 Å². The number of hydrogen-bond acceptors (Lipinski definition) is 3. The molecule has 0 aliphatic heterocycles. The van der Waals surface area contributed by atoms with E-state index < -0.39 is 6.04 Å². The van der Waals surface area contributed by atoms with Crippen LogP contribution in [0.4, 0.5) is 0 Å². The lowest BCUT2D eigenvalue weighted by atomic mass is 10.0. The third kappa shape index (κ3) is 8.41. The normalized spacial score (nSPS) is 12.5. The van der Waals surface area contributed by atoms with Crippen LogP contribution in [0, 0.1) is 0 Å². The molecular formula is C28H30BrClN2O3. The van der Waals surface area contributed by atoms with Crippen LogP contribution in [0.5, 0.6) is 5.75 Å². The number of carbonyl (C=O) groups is 2. The zero-order chi connectivity index (χ0) is 25.2. The van der Waals surface area contributed by atoms with Gasteiger partial charge in [-0.15, -0.1) is 0 Å². The van der Waals surface area contributed by atoms with Crippen LogP contribution in [-0.2, 0) is 22.6 Å². The monoisotopic (exact) mass is 556 g/mol. The SMILES string of the molecule is CCC(C)NC(=O)C(Cc1ccccc1)N(Cc1ccc(Br)cc1)C(=O)COc1cccc(Cl)c1. The van der Waals surface area contributed by atoms with Crippen LogP contribution in [-0.4, -0.2) is 35.4 Å². The van der Waals surface area contributed by atoms with E-state index in [1.165, 1.54) is 0 Å². The molecule has 0 fully saturated rings. The quantitative estimate of drug-likeness (QED) is 0.313. The molecule has 184 valence electrons. The van der Waals surface area contributed by atoms with E-state index in [1.54, 1.807) is 29.2 Å². The highest BCUT2D eigenvalue weighted by Crippen LogP contribution is 2.20. The summed E-state index contributed by atoms with van der Waals surface area (Å²) in [5, 5.41) is 3.59. The molecule has 0 aliphatic carbocycles. The second-order valence-electron chi connectivity index (χ2n) is 8.42. The highest BCUT2D eigenvalue weighted by atomic mass is 79.9. The van der Waals surface area contributed by atoms with Crippen molar-refractivity contribution in [2.75, 3.05) is 6.61 Å². The van der Waals surface area contributed by atoms with Crippen molar-refractivity contribution in [2.45, 2.75) is 45.3 Å². The molecule has 0 aromatic heterocycles. The minimum Gasteiger partial charge on any atom is -0.484 e. The van der Waals surface area contributed by atoms with Gasteiger partial charge in [-0.05, 0) is 54.8 Å². The first kappa shape index (κ1) is 26.8. The van der Waals surface area contributed by atoms with Gasteiger partial charge in [-0.1, -0.05) is 83.0 Å². The van der Waals surface area contributed by atoms with Crippen molar-refractivity contribution < 1.29 is 14.3 Å². The molecule has 7 heteroatoms. The fourth-order valence-electron chi connectivity index (χ4n) is 3.57. The van der Waals surface area contributed by atoms with Gasteiger partial charge in [-0.3, -0.25) is 9.59 Å². The molecule has 2 amide bonds. The van der Waals surface area contributed by atoms with E-state index in [0.717, 1.165) is 22.0 Å². The van der Waals surface area contributed by atoms with E-state index in [1.807, 2.05) is 68.4 Å². The van der Waals surface area contributed by atoms with Gasteiger partial charge in [0.1, 0.15) is 11.8 Å². The highest BCUT2D eigenvalue weighted by Gasteiger charge is 2.31. The van der Waals surface area contributed by atoms with Gasteiger partial charge in [0.25, 0.3) is 5.91 Å². The number of nitrogens with zero attached hydrogens (tertiary/aromatic N) is 1. The fraction of sp³-hybridized carbons (Fsp3) is 0.286. The van der Waals surface area contributed by atoms with Crippen molar-refractivity contribution in [1.29, 1.82) is 0 Å². The second kappa shape index (κ2) is 13.3. The molecule has 0 aliphatic rings. The minimum absolute atomic E-state index is 0.00637. The number of hydrogen-bond donors (Lipinski definition) is 1. The Labute approximate surface area is 220 Å². The van der Waals surface area contributed by atoms with Crippen LogP contribution < -0.4 is 10.1 Å². The Balaban J connectivity index is 1.90. The Morgan fingerprint density at radius 2 is 1.71 bits per heavy atom. The van der Waals surface area contributed by atoms with Gasteiger partial charge >= 0.3 is 0 Å². The maximum Gasteiger partial charge on any atom is 0.261 e. The Kier molecular flexibility index (Phi) is 10.2. The minimum atomic E-state index is -0.703. The zero-order valence-electron chi connectivity index (χ0n) is 19.9. The molecule has 1 N–H and O–H groups in total. The van der Waals surface area contributed by atoms with Crippen molar-refractivity contribution in [3.05, 3.63) is 99.5 Å². The molecule has 2 unspecified atom stereocenters. The number of rotatable bonds is 11. The van der Waals surface area contributed by atoms with Crippen LogP contribution in [0.25, 0.3) is 0 Å². The van der Waals surface area contributed by atoms with Crippen molar-refractivity contribution in [3.8, 4) is 5.75 Å². The van der Waals surface area contributed by atoms with Gasteiger partial charge in [0, 0.05) is 28.5 Å². The molecule has 3 rings (SSSR count). The summed E-state index contributed by atoms with van der Waals surface area (Å²) in [6.07, 6.45) is 1.19. The Bertz CT molecular complexity index is 1110. The van der Waals surface area contributed by atoms with Crippen LogP contribution >= 0.6 is 27.5 Å². The van der Waals surface area contributed by atoms with Crippen molar-refractivity contribution in [1.82, 2.24) is 10.2 Å².